The van der Waals surface area contributed by atoms with Crippen LogP contribution in [0.2, 0.25) is 0 Å². The lowest BCUT2D eigenvalue weighted by atomic mass is 9.97. The number of nitrogens with two attached hydrogens (primary N) is 1. The molecule has 0 spiro atoms. The topological polar surface area (TPSA) is 92.9 Å². The van der Waals surface area contributed by atoms with Gasteiger partial charge in [-0.1, -0.05) is 0 Å². The molecule has 1 saturated heterocycles. The van der Waals surface area contributed by atoms with E-state index in [0.29, 0.717) is 25.2 Å². The van der Waals surface area contributed by atoms with Gasteiger partial charge < -0.3 is 15.6 Å². The summed E-state index contributed by atoms with van der Waals surface area (Å²) >= 11 is 0. The zero-order valence-corrected chi connectivity index (χ0v) is 13.0. The minimum Gasteiger partial charge on any atom is -0.495 e. The van der Waals surface area contributed by atoms with Crippen molar-refractivity contribution in [1.29, 1.82) is 0 Å². The van der Waals surface area contributed by atoms with Crippen molar-refractivity contribution in [3.05, 3.63) is 18.2 Å². The highest BCUT2D eigenvalue weighted by Crippen LogP contribution is 2.31. The molecule has 1 aliphatic heterocycles. The number of hydrogen-bond donors (Lipinski definition) is 2. The largest absolute Gasteiger partial charge is 0.495 e. The normalized spacial score (nSPS) is 20.4. The van der Waals surface area contributed by atoms with E-state index in [1.54, 1.807) is 6.07 Å². The monoisotopic (exact) mass is 314 g/mol. The minimum absolute atomic E-state index is 0.0870. The van der Waals surface area contributed by atoms with Crippen LogP contribution in [0, 0.1) is 5.92 Å². The Kier molecular flexibility index (Phi) is 5.08. The summed E-state index contributed by atoms with van der Waals surface area (Å²) in [5.74, 6) is 0.470. The van der Waals surface area contributed by atoms with E-state index in [0.717, 1.165) is 12.8 Å². The van der Waals surface area contributed by atoms with Crippen molar-refractivity contribution in [1.82, 2.24) is 4.31 Å². The highest BCUT2D eigenvalue weighted by atomic mass is 32.2. The van der Waals surface area contributed by atoms with Gasteiger partial charge in [0.2, 0.25) is 10.0 Å². The molecule has 0 saturated carbocycles. The molecule has 0 aromatic heterocycles. The third-order valence-electron chi connectivity index (χ3n) is 3.82. The molecular weight excluding hydrogens is 292 g/mol. The van der Waals surface area contributed by atoms with Crippen molar-refractivity contribution in [3.63, 3.8) is 0 Å². The summed E-state index contributed by atoms with van der Waals surface area (Å²) in [4.78, 5) is 0.142. The number of aliphatic hydroxyl groups is 1. The van der Waals surface area contributed by atoms with Crippen molar-refractivity contribution >= 4 is 15.7 Å². The van der Waals surface area contributed by atoms with Crippen LogP contribution in [-0.4, -0.2) is 44.6 Å². The predicted octanol–water partition coefficient (Wildman–Crippen LogP) is 1.06. The first-order chi connectivity index (χ1) is 9.98. The maximum absolute atomic E-state index is 12.8. The molecule has 0 bridgehead atoms. The van der Waals surface area contributed by atoms with Crippen molar-refractivity contribution in [3.8, 4) is 5.75 Å². The molecule has 0 radical (unpaired) electrons. The van der Waals surface area contributed by atoms with Crippen LogP contribution >= 0.6 is 0 Å². The Morgan fingerprint density at radius 1 is 1.48 bits per heavy atom. The summed E-state index contributed by atoms with van der Waals surface area (Å²) in [7, 11) is -2.17. The lowest BCUT2D eigenvalue weighted by Gasteiger charge is -2.32. The summed E-state index contributed by atoms with van der Waals surface area (Å²) in [5, 5.41) is 9.04. The Hall–Kier alpha value is -1.31. The molecule has 1 fully saturated rings. The second kappa shape index (κ2) is 6.64. The fraction of sp³-hybridized carbons (Fsp3) is 0.571. The van der Waals surface area contributed by atoms with Gasteiger partial charge in [0.15, 0.2) is 0 Å². The molecule has 21 heavy (non-hydrogen) atoms. The zero-order chi connectivity index (χ0) is 15.5. The van der Waals surface area contributed by atoms with Crippen molar-refractivity contribution < 1.29 is 18.3 Å². The number of piperidine rings is 1. The Morgan fingerprint density at radius 2 is 2.24 bits per heavy atom. The molecule has 2 rings (SSSR count). The molecular formula is C14H22N2O4S. The molecule has 6 nitrogen and oxygen atoms in total. The maximum atomic E-state index is 12.8. The van der Waals surface area contributed by atoms with E-state index in [-0.39, 0.29) is 23.2 Å². The lowest BCUT2D eigenvalue weighted by molar-refractivity contribution is 0.202. The van der Waals surface area contributed by atoms with Gasteiger partial charge in [0.05, 0.1) is 7.11 Å². The van der Waals surface area contributed by atoms with Crippen molar-refractivity contribution in [2.75, 3.05) is 32.5 Å². The molecule has 0 aliphatic carbocycles. The molecule has 7 heteroatoms. The third-order valence-corrected chi connectivity index (χ3v) is 5.73. The Bertz CT molecular complexity index is 587. The van der Waals surface area contributed by atoms with Gasteiger partial charge in [-0.05, 0) is 37.3 Å². The lowest BCUT2D eigenvalue weighted by Crippen LogP contribution is -2.40. The number of nitrogens with zero attached hydrogens (tertiary/aromatic N) is 1. The van der Waals surface area contributed by atoms with Crippen molar-refractivity contribution in [2.24, 2.45) is 5.92 Å². The van der Waals surface area contributed by atoms with Crippen LogP contribution in [0.1, 0.15) is 19.3 Å². The average molecular weight is 314 g/mol. The van der Waals surface area contributed by atoms with Gasteiger partial charge in [0.25, 0.3) is 0 Å². The number of rotatable bonds is 5. The van der Waals surface area contributed by atoms with E-state index in [1.807, 2.05) is 0 Å². The molecule has 1 aromatic rings. The number of methoxy groups -OCH3 is 1. The van der Waals surface area contributed by atoms with E-state index < -0.39 is 10.0 Å². The summed E-state index contributed by atoms with van der Waals surface area (Å²) < 4.78 is 32.2. The van der Waals surface area contributed by atoms with Gasteiger partial charge in [0.1, 0.15) is 10.6 Å². The van der Waals surface area contributed by atoms with Gasteiger partial charge in [-0.25, -0.2) is 8.42 Å². The summed E-state index contributed by atoms with van der Waals surface area (Å²) in [6.07, 6.45) is 2.39. The van der Waals surface area contributed by atoms with Crippen LogP contribution in [0.15, 0.2) is 23.1 Å². The standard InChI is InChI=1S/C14H22N2O4S/c1-20-13-9-12(15)4-5-14(13)21(18,19)16-7-2-3-11(10-16)6-8-17/h4-5,9,11,17H,2-3,6-8,10,15H2,1H3. The number of hydrogen-bond acceptors (Lipinski definition) is 5. The first kappa shape index (κ1) is 16.1. The van der Waals surface area contributed by atoms with E-state index in [2.05, 4.69) is 0 Å². The van der Waals surface area contributed by atoms with Crippen molar-refractivity contribution in [2.45, 2.75) is 24.2 Å². The first-order valence-corrected chi connectivity index (χ1v) is 8.47. The molecule has 3 N–H and O–H groups in total. The van der Waals surface area contributed by atoms with Crippen LogP contribution in [0.5, 0.6) is 5.75 Å². The average Bonchev–Trinajstić information content (AvgIpc) is 2.47. The number of ether oxygens (including phenoxy) is 1. The van der Waals surface area contributed by atoms with Gasteiger partial charge in [0, 0.05) is 31.5 Å². The second-order valence-corrected chi connectivity index (χ2v) is 7.20. The van der Waals surface area contributed by atoms with E-state index in [1.165, 1.54) is 23.5 Å². The van der Waals surface area contributed by atoms with Crippen LogP contribution in [0.3, 0.4) is 0 Å². The highest BCUT2D eigenvalue weighted by Gasteiger charge is 2.32. The SMILES string of the molecule is COc1cc(N)ccc1S(=O)(=O)N1CCCC(CCO)C1. The molecule has 1 atom stereocenters. The van der Waals surface area contributed by atoms with Crippen LogP contribution in [0.4, 0.5) is 5.69 Å². The summed E-state index contributed by atoms with van der Waals surface area (Å²) in [5.41, 5.74) is 6.13. The Morgan fingerprint density at radius 3 is 2.90 bits per heavy atom. The minimum atomic E-state index is -3.60. The number of aliphatic hydroxyl groups excluding tert-OH is 1. The Labute approximate surface area is 125 Å². The van der Waals surface area contributed by atoms with E-state index in [9.17, 15) is 8.42 Å². The molecule has 1 heterocycles. The molecule has 1 unspecified atom stereocenters. The maximum Gasteiger partial charge on any atom is 0.246 e. The summed E-state index contributed by atoms with van der Waals surface area (Å²) in [6, 6.07) is 4.56. The predicted molar refractivity (Wildman–Crippen MR) is 80.6 cm³/mol. The molecule has 0 amide bonds. The number of sulfonamides is 1. The van der Waals surface area contributed by atoms with Gasteiger partial charge in [-0.2, -0.15) is 4.31 Å². The quantitative estimate of drug-likeness (QED) is 0.793. The highest BCUT2D eigenvalue weighted by molar-refractivity contribution is 7.89. The summed E-state index contributed by atoms with van der Waals surface area (Å²) in [6.45, 7) is 1.03. The molecule has 1 aromatic carbocycles. The van der Waals surface area contributed by atoms with E-state index in [4.69, 9.17) is 15.6 Å². The van der Waals surface area contributed by atoms with Crippen LogP contribution in [-0.2, 0) is 10.0 Å². The van der Waals surface area contributed by atoms with Crippen LogP contribution in [0.25, 0.3) is 0 Å². The van der Waals surface area contributed by atoms with E-state index >= 15 is 0 Å². The van der Waals surface area contributed by atoms with Gasteiger partial charge in [-0.15, -0.1) is 0 Å². The fourth-order valence-corrected chi connectivity index (χ4v) is 4.39. The number of anilines is 1. The van der Waals surface area contributed by atoms with Gasteiger partial charge in [-0.3, -0.25) is 0 Å². The third kappa shape index (κ3) is 3.48. The first-order valence-electron chi connectivity index (χ1n) is 7.03. The Balaban J connectivity index is 2.29. The fourth-order valence-electron chi connectivity index (χ4n) is 2.70. The number of nitrogen functional groups attached to an aromatic ring is 1. The molecule has 1 aliphatic rings. The second-order valence-electron chi connectivity index (χ2n) is 5.29. The van der Waals surface area contributed by atoms with Crippen LogP contribution < -0.4 is 10.5 Å². The smallest absolute Gasteiger partial charge is 0.246 e. The number of benzene rings is 1. The molecule has 118 valence electrons. The van der Waals surface area contributed by atoms with Gasteiger partial charge >= 0.3 is 0 Å². The zero-order valence-electron chi connectivity index (χ0n) is 12.2.